The molecule has 4 rings (SSSR count). The predicted octanol–water partition coefficient (Wildman–Crippen LogP) is -0.176. The molecule has 14 heavy (non-hydrogen) atoms. The van der Waals surface area contributed by atoms with Crippen LogP contribution in [0.15, 0.2) is 0 Å². The van der Waals surface area contributed by atoms with Gasteiger partial charge in [-0.1, -0.05) is 0 Å². The summed E-state index contributed by atoms with van der Waals surface area (Å²) < 4.78 is 9.83. The standard InChI is InChI=1S/C10H10O4/c11-9-7-3(1-13-9)5(7)6-4-2-14-10(12)8(4)6/h3-8H,1-2H2/t3-,4+,5+,6-,7-,8+. The molecule has 0 aromatic rings. The lowest BCUT2D eigenvalue weighted by atomic mass is 10.1. The first-order valence-electron chi connectivity index (χ1n) is 5.12. The molecule has 0 amide bonds. The van der Waals surface area contributed by atoms with E-state index in [2.05, 4.69) is 0 Å². The van der Waals surface area contributed by atoms with Crippen LogP contribution in [0.1, 0.15) is 0 Å². The van der Waals surface area contributed by atoms with Crippen LogP contribution in [0, 0.1) is 35.5 Å². The van der Waals surface area contributed by atoms with Crippen LogP contribution in [0.3, 0.4) is 0 Å². The van der Waals surface area contributed by atoms with Crippen LogP contribution >= 0.6 is 0 Å². The van der Waals surface area contributed by atoms with Gasteiger partial charge in [0.15, 0.2) is 0 Å². The van der Waals surface area contributed by atoms with Crippen molar-refractivity contribution in [3.05, 3.63) is 0 Å². The van der Waals surface area contributed by atoms with Gasteiger partial charge >= 0.3 is 11.9 Å². The number of hydrogen-bond donors (Lipinski definition) is 0. The van der Waals surface area contributed by atoms with Crippen LogP contribution in [0.2, 0.25) is 0 Å². The number of fused-ring (bicyclic) bond motifs is 2. The maximum absolute atomic E-state index is 11.2. The number of carbonyl (C=O) groups excluding carboxylic acids is 2. The predicted molar refractivity (Wildman–Crippen MR) is 42.9 cm³/mol. The summed E-state index contributed by atoms with van der Waals surface area (Å²) >= 11 is 0. The van der Waals surface area contributed by atoms with Crippen molar-refractivity contribution in [1.29, 1.82) is 0 Å². The lowest BCUT2D eigenvalue weighted by molar-refractivity contribution is -0.144. The van der Waals surface area contributed by atoms with Gasteiger partial charge in [-0.15, -0.1) is 0 Å². The van der Waals surface area contributed by atoms with E-state index in [0.29, 0.717) is 36.9 Å². The second kappa shape index (κ2) is 1.97. The van der Waals surface area contributed by atoms with Crippen LogP contribution in [-0.4, -0.2) is 25.2 Å². The first-order valence-corrected chi connectivity index (χ1v) is 5.12. The van der Waals surface area contributed by atoms with E-state index in [1.807, 2.05) is 0 Å². The topological polar surface area (TPSA) is 52.6 Å². The van der Waals surface area contributed by atoms with Gasteiger partial charge in [0.25, 0.3) is 0 Å². The summed E-state index contributed by atoms with van der Waals surface area (Å²) in [7, 11) is 0. The van der Waals surface area contributed by atoms with Crippen molar-refractivity contribution in [2.45, 2.75) is 0 Å². The zero-order valence-electron chi connectivity index (χ0n) is 7.51. The summed E-state index contributed by atoms with van der Waals surface area (Å²) in [6.45, 7) is 1.16. The summed E-state index contributed by atoms with van der Waals surface area (Å²) in [5.74, 6) is 1.89. The minimum Gasteiger partial charge on any atom is -0.465 e. The van der Waals surface area contributed by atoms with E-state index in [9.17, 15) is 9.59 Å². The third-order valence-corrected chi connectivity index (χ3v) is 4.28. The molecule has 2 saturated heterocycles. The Bertz CT molecular complexity index is 316. The first-order chi connectivity index (χ1) is 6.79. The molecule has 0 unspecified atom stereocenters. The van der Waals surface area contributed by atoms with E-state index in [-0.39, 0.29) is 23.8 Å². The first kappa shape index (κ1) is 7.26. The fourth-order valence-corrected chi connectivity index (χ4v) is 3.49. The molecule has 2 saturated carbocycles. The fraction of sp³-hybridized carbons (Fsp3) is 0.800. The smallest absolute Gasteiger partial charge is 0.309 e. The fourth-order valence-electron chi connectivity index (χ4n) is 3.49. The quantitative estimate of drug-likeness (QED) is 0.543. The molecule has 0 aromatic carbocycles. The molecule has 6 atom stereocenters. The van der Waals surface area contributed by atoms with Gasteiger partial charge in [0, 0.05) is 11.8 Å². The summed E-state index contributed by atoms with van der Waals surface area (Å²) in [5.41, 5.74) is 0. The number of cyclic esters (lactones) is 2. The van der Waals surface area contributed by atoms with E-state index in [1.54, 1.807) is 0 Å². The number of esters is 2. The molecule has 0 N–H and O–H groups in total. The Balaban J connectivity index is 1.54. The molecule has 2 heterocycles. The number of ether oxygens (including phenoxy) is 2. The molecule has 4 nitrogen and oxygen atoms in total. The van der Waals surface area contributed by atoms with Gasteiger partial charge in [-0.05, 0) is 11.8 Å². The van der Waals surface area contributed by atoms with Gasteiger partial charge in [0.2, 0.25) is 0 Å². The summed E-state index contributed by atoms with van der Waals surface area (Å²) in [6, 6.07) is 0. The highest BCUT2D eigenvalue weighted by molar-refractivity contribution is 5.82. The van der Waals surface area contributed by atoms with Gasteiger partial charge in [-0.25, -0.2) is 0 Å². The van der Waals surface area contributed by atoms with Crippen LogP contribution in [0.4, 0.5) is 0 Å². The minimum atomic E-state index is -0.0432. The normalized spacial score (nSPS) is 57.4. The maximum atomic E-state index is 11.2. The van der Waals surface area contributed by atoms with Gasteiger partial charge in [-0.2, -0.15) is 0 Å². The monoisotopic (exact) mass is 194 g/mol. The summed E-state index contributed by atoms with van der Waals surface area (Å²) in [4.78, 5) is 22.4. The third-order valence-electron chi connectivity index (χ3n) is 4.28. The maximum Gasteiger partial charge on any atom is 0.309 e. The van der Waals surface area contributed by atoms with Crippen LogP contribution in [0.5, 0.6) is 0 Å². The van der Waals surface area contributed by atoms with Gasteiger partial charge in [-0.3, -0.25) is 9.59 Å². The minimum absolute atomic E-state index is 0.0432. The Morgan fingerprint density at radius 3 is 1.57 bits per heavy atom. The van der Waals surface area contributed by atoms with Gasteiger partial charge in [0.1, 0.15) is 0 Å². The van der Waals surface area contributed by atoms with Crippen LogP contribution in [-0.2, 0) is 19.1 Å². The highest BCUT2D eigenvalue weighted by atomic mass is 16.5. The molecule has 4 fully saturated rings. The second-order valence-electron chi connectivity index (χ2n) is 4.79. The Morgan fingerprint density at radius 1 is 0.857 bits per heavy atom. The van der Waals surface area contributed by atoms with Crippen molar-refractivity contribution in [3.8, 4) is 0 Å². The second-order valence-corrected chi connectivity index (χ2v) is 4.79. The molecule has 0 aromatic heterocycles. The SMILES string of the molecule is O=C1OC[C@H]2[C@@H]1[C@@H]2[C@H]1[C@@H]2COC(=O)[C@@H]21. The summed E-state index contributed by atoms with van der Waals surface area (Å²) in [5, 5.41) is 0. The molecule has 0 bridgehead atoms. The van der Waals surface area contributed by atoms with E-state index in [0.717, 1.165) is 0 Å². The third kappa shape index (κ3) is 0.645. The van der Waals surface area contributed by atoms with Crippen molar-refractivity contribution >= 4 is 11.9 Å². The molecule has 0 radical (unpaired) electrons. The zero-order valence-corrected chi connectivity index (χ0v) is 7.51. The Labute approximate surface area is 80.6 Å². The zero-order chi connectivity index (χ0) is 9.45. The lowest BCUT2D eigenvalue weighted by Crippen LogP contribution is -2.12. The van der Waals surface area contributed by atoms with E-state index in [1.165, 1.54) is 0 Å². The van der Waals surface area contributed by atoms with Crippen molar-refractivity contribution in [2.75, 3.05) is 13.2 Å². The average molecular weight is 194 g/mol. The Kier molecular flexibility index (Phi) is 1.02. The van der Waals surface area contributed by atoms with Gasteiger partial charge in [0.05, 0.1) is 25.0 Å². The van der Waals surface area contributed by atoms with Crippen molar-refractivity contribution < 1.29 is 19.1 Å². The molecule has 74 valence electrons. The number of hydrogen-bond acceptors (Lipinski definition) is 4. The van der Waals surface area contributed by atoms with Crippen LogP contribution < -0.4 is 0 Å². The molecular formula is C10H10O4. The van der Waals surface area contributed by atoms with Crippen LogP contribution in [0.25, 0.3) is 0 Å². The molecule has 2 aliphatic heterocycles. The molecule has 0 spiro atoms. The highest BCUT2D eigenvalue weighted by Gasteiger charge is 2.74. The lowest BCUT2D eigenvalue weighted by Gasteiger charge is -2.05. The Hall–Kier alpha value is -1.06. The average Bonchev–Trinajstić information content (AvgIpc) is 2.97. The molecule has 2 aliphatic carbocycles. The van der Waals surface area contributed by atoms with Gasteiger partial charge < -0.3 is 9.47 Å². The van der Waals surface area contributed by atoms with E-state index < -0.39 is 0 Å². The molecule has 4 heteroatoms. The largest absolute Gasteiger partial charge is 0.465 e. The summed E-state index contributed by atoms with van der Waals surface area (Å²) in [6.07, 6.45) is 0. The van der Waals surface area contributed by atoms with E-state index >= 15 is 0 Å². The molecule has 4 aliphatic rings. The molecular weight excluding hydrogens is 184 g/mol. The number of carbonyl (C=O) groups is 2. The Morgan fingerprint density at radius 2 is 1.29 bits per heavy atom. The highest BCUT2D eigenvalue weighted by Crippen LogP contribution is 2.68. The van der Waals surface area contributed by atoms with Crippen molar-refractivity contribution in [2.24, 2.45) is 35.5 Å². The van der Waals surface area contributed by atoms with Crippen molar-refractivity contribution in [1.82, 2.24) is 0 Å². The number of rotatable bonds is 1. The van der Waals surface area contributed by atoms with E-state index in [4.69, 9.17) is 9.47 Å². The van der Waals surface area contributed by atoms with Crippen molar-refractivity contribution in [3.63, 3.8) is 0 Å².